The summed E-state index contributed by atoms with van der Waals surface area (Å²) in [6.45, 7) is 4.37. The molecular formula is C21H22O5. The van der Waals surface area contributed by atoms with Crippen molar-refractivity contribution in [1.82, 2.24) is 0 Å². The molecule has 0 amide bonds. The summed E-state index contributed by atoms with van der Waals surface area (Å²) in [6, 6.07) is 8.08. The van der Waals surface area contributed by atoms with Gasteiger partial charge in [-0.3, -0.25) is 0 Å². The first-order valence-corrected chi connectivity index (χ1v) is 8.65. The van der Waals surface area contributed by atoms with Crippen LogP contribution < -0.4 is 23.7 Å². The molecule has 2 unspecified atom stereocenters. The van der Waals surface area contributed by atoms with E-state index < -0.39 is 0 Å². The van der Waals surface area contributed by atoms with Crippen molar-refractivity contribution in [2.45, 2.75) is 25.9 Å². The lowest BCUT2D eigenvalue weighted by molar-refractivity contribution is 0.171. The summed E-state index contributed by atoms with van der Waals surface area (Å²) in [5, 5.41) is 0. The van der Waals surface area contributed by atoms with Crippen molar-refractivity contribution in [2.75, 3.05) is 21.0 Å². The third-order valence-electron chi connectivity index (χ3n) is 4.88. The molecule has 2 aliphatic rings. The van der Waals surface area contributed by atoms with E-state index in [1.165, 1.54) is 0 Å². The fourth-order valence-electron chi connectivity index (χ4n) is 3.61. The quantitative estimate of drug-likeness (QED) is 0.796. The van der Waals surface area contributed by atoms with Crippen LogP contribution in [0.4, 0.5) is 0 Å². The van der Waals surface area contributed by atoms with E-state index in [2.05, 4.69) is 19.1 Å². The number of fused-ring (bicyclic) bond motifs is 2. The van der Waals surface area contributed by atoms with E-state index in [0.29, 0.717) is 17.2 Å². The molecule has 4 rings (SSSR count). The van der Waals surface area contributed by atoms with Crippen molar-refractivity contribution in [1.29, 1.82) is 0 Å². The highest BCUT2D eigenvalue weighted by Gasteiger charge is 2.36. The van der Waals surface area contributed by atoms with Crippen molar-refractivity contribution in [3.8, 4) is 28.7 Å². The lowest BCUT2D eigenvalue weighted by Crippen LogP contribution is -2.07. The second kappa shape index (κ2) is 6.48. The molecule has 0 N–H and O–H groups in total. The van der Waals surface area contributed by atoms with Crippen molar-refractivity contribution in [2.24, 2.45) is 0 Å². The fourth-order valence-corrected chi connectivity index (χ4v) is 3.61. The zero-order valence-electron chi connectivity index (χ0n) is 15.4. The van der Waals surface area contributed by atoms with Crippen LogP contribution in [0, 0.1) is 0 Å². The van der Waals surface area contributed by atoms with Crippen LogP contribution in [-0.4, -0.2) is 21.0 Å². The van der Waals surface area contributed by atoms with Crippen LogP contribution in [0.1, 0.15) is 42.6 Å². The molecule has 0 fully saturated rings. The molecule has 26 heavy (non-hydrogen) atoms. The summed E-state index contributed by atoms with van der Waals surface area (Å²) in [5.74, 6) is 3.70. The fraction of sp³-hybridized carbons (Fsp3) is 0.333. The van der Waals surface area contributed by atoms with Gasteiger partial charge in [0.1, 0.15) is 6.10 Å². The monoisotopic (exact) mass is 354 g/mol. The summed E-state index contributed by atoms with van der Waals surface area (Å²) >= 11 is 0. The van der Waals surface area contributed by atoms with Crippen LogP contribution in [0.3, 0.4) is 0 Å². The molecular weight excluding hydrogens is 332 g/mol. The Labute approximate surface area is 153 Å². The van der Waals surface area contributed by atoms with E-state index >= 15 is 0 Å². The summed E-state index contributed by atoms with van der Waals surface area (Å²) in [5.41, 5.74) is 3.23. The lowest BCUT2D eigenvalue weighted by Gasteiger charge is -2.17. The second-order valence-electron chi connectivity index (χ2n) is 6.43. The van der Waals surface area contributed by atoms with Gasteiger partial charge in [-0.1, -0.05) is 19.1 Å². The Morgan fingerprint density at radius 3 is 2.50 bits per heavy atom. The van der Waals surface area contributed by atoms with Gasteiger partial charge in [0.05, 0.1) is 14.2 Å². The maximum atomic E-state index is 6.32. The van der Waals surface area contributed by atoms with Gasteiger partial charge in [0.15, 0.2) is 23.0 Å². The average Bonchev–Trinajstić information content (AvgIpc) is 3.25. The van der Waals surface area contributed by atoms with E-state index in [0.717, 1.165) is 28.2 Å². The van der Waals surface area contributed by atoms with E-state index in [1.807, 2.05) is 31.2 Å². The molecule has 2 aromatic carbocycles. The highest BCUT2D eigenvalue weighted by Crippen LogP contribution is 2.53. The Morgan fingerprint density at radius 2 is 1.77 bits per heavy atom. The highest BCUT2D eigenvalue weighted by atomic mass is 16.7. The van der Waals surface area contributed by atoms with Gasteiger partial charge in [-0.05, 0) is 36.8 Å². The molecule has 2 aliphatic heterocycles. The van der Waals surface area contributed by atoms with Crippen LogP contribution in [0.5, 0.6) is 28.7 Å². The Morgan fingerprint density at radius 1 is 1.00 bits per heavy atom. The van der Waals surface area contributed by atoms with Crippen molar-refractivity contribution >= 4 is 6.08 Å². The second-order valence-corrected chi connectivity index (χ2v) is 6.43. The van der Waals surface area contributed by atoms with E-state index in [9.17, 15) is 0 Å². The molecule has 0 aromatic heterocycles. The van der Waals surface area contributed by atoms with Crippen LogP contribution >= 0.6 is 0 Å². The largest absolute Gasteiger partial charge is 0.493 e. The van der Waals surface area contributed by atoms with Crippen molar-refractivity contribution in [3.63, 3.8) is 0 Å². The van der Waals surface area contributed by atoms with Gasteiger partial charge in [0.2, 0.25) is 12.5 Å². The van der Waals surface area contributed by atoms with Gasteiger partial charge in [0.25, 0.3) is 0 Å². The zero-order chi connectivity index (χ0) is 18.3. The Balaban J connectivity index is 1.76. The Bertz CT molecular complexity index is 871. The third kappa shape index (κ3) is 2.55. The van der Waals surface area contributed by atoms with Crippen LogP contribution in [0.2, 0.25) is 0 Å². The predicted molar refractivity (Wildman–Crippen MR) is 98.6 cm³/mol. The van der Waals surface area contributed by atoms with Crippen molar-refractivity contribution in [3.05, 3.63) is 47.0 Å². The molecule has 0 saturated heterocycles. The maximum absolute atomic E-state index is 6.32. The third-order valence-corrected chi connectivity index (χ3v) is 4.88. The maximum Gasteiger partial charge on any atom is 0.231 e. The topological polar surface area (TPSA) is 46.2 Å². The highest BCUT2D eigenvalue weighted by molar-refractivity contribution is 5.63. The van der Waals surface area contributed by atoms with E-state index in [4.69, 9.17) is 23.7 Å². The van der Waals surface area contributed by atoms with Gasteiger partial charge in [0, 0.05) is 17.0 Å². The minimum Gasteiger partial charge on any atom is -0.493 e. The zero-order valence-corrected chi connectivity index (χ0v) is 15.4. The number of allylic oxidation sites excluding steroid dienone is 1. The number of hydrogen-bond donors (Lipinski definition) is 0. The summed E-state index contributed by atoms with van der Waals surface area (Å²) in [6.07, 6.45) is 3.93. The van der Waals surface area contributed by atoms with E-state index in [1.54, 1.807) is 14.2 Å². The Hall–Kier alpha value is -2.82. The van der Waals surface area contributed by atoms with E-state index in [-0.39, 0.29) is 18.8 Å². The molecule has 2 atom stereocenters. The first-order valence-electron chi connectivity index (χ1n) is 8.65. The summed E-state index contributed by atoms with van der Waals surface area (Å²) in [7, 11) is 3.29. The number of methoxy groups -OCH3 is 2. The standard InChI is InChI=1S/C21H22O5/c1-5-6-13-7-15-12(2)19(26-20(15)16(8-13)22-3)14-9-17(23-4)21-18(10-14)24-11-25-21/h5-10,12,19H,11H2,1-4H3. The number of hydrogen-bond acceptors (Lipinski definition) is 5. The van der Waals surface area contributed by atoms with Crippen LogP contribution in [-0.2, 0) is 0 Å². The molecule has 136 valence electrons. The molecule has 0 saturated carbocycles. The molecule has 0 spiro atoms. The molecule has 0 aliphatic carbocycles. The van der Waals surface area contributed by atoms with Crippen LogP contribution in [0.25, 0.3) is 6.08 Å². The normalized spacial score (nSPS) is 20.2. The number of ether oxygens (including phenoxy) is 5. The SMILES string of the molecule is CC=Cc1cc(OC)c2c(c1)C(C)C(c1cc(OC)c3c(c1)OCO3)O2. The summed E-state index contributed by atoms with van der Waals surface area (Å²) < 4.78 is 28.4. The Kier molecular flexibility index (Phi) is 4.15. The molecule has 0 bridgehead atoms. The number of benzene rings is 2. The first-order chi connectivity index (χ1) is 12.7. The van der Waals surface area contributed by atoms with Gasteiger partial charge in [-0.25, -0.2) is 0 Å². The van der Waals surface area contributed by atoms with Gasteiger partial charge < -0.3 is 23.7 Å². The van der Waals surface area contributed by atoms with Gasteiger partial charge in [-0.2, -0.15) is 0 Å². The molecule has 5 heteroatoms. The summed E-state index contributed by atoms with van der Waals surface area (Å²) in [4.78, 5) is 0. The van der Waals surface area contributed by atoms with Gasteiger partial charge in [-0.15, -0.1) is 0 Å². The molecule has 2 aromatic rings. The predicted octanol–water partition coefficient (Wildman–Crippen LogP) is 4.70. The minimum atomic E-state index is -0.150. The first kappa shape index (κ1) is 16.6. The molecule has 2 heterocycles. The number of rotatable bonds is 4. The van der Waals surface area contributed by atoms with Crippen molar-refractivity contribution < 1.29 is 23.7 Å². The lowest BCUT2D eigenvalue weighted by atomic mass is 9.91. The molecule has 0 radical (unpaired) electrons. The van der Waals surface area contributed by atoms with Gasteiger partial charge >= 0.3 is 0 Å². The van der Waals surface area contributed by atoms with Crippen LogP contribution in [0.15, 0.2) is 30.3 Å². The average molecular weight is 354 g/mol. The molecule has 5 nitrogen and oxygen atoms in total. The smallest absolute Gasteiger partial charge is 0.231 e. The minimum absolute atomic E-state index is 0.150.